The van der Waals surface area contributed by atoms with Crippen molar-refractivity contribution in [3.8, 4) is 11.6 Å². The third kappa shape index (κ3) is 3.85. The molecule has 7 heteroatoms. The first-order valence-electron chi connectivity index (χ1n) is 6.49. The number of rotatable bonds is 5. The lowest BCUT2D eigenvalue weighted by Gasteiger charge is -2.11. The van der Waals surface area contributed by atoms with Crippen molar-refractivity contribution >= 4 is 17.4 Å². The highest BCUT2D eigenvalue weighted by atomic mass is 19.1. The normalized spacial score (nSPS) is 10.1. The number of pyridine rings is 1. The molecule has 0 spiro atoms. The first-order chi connectivity index (χ1) is 10.5. The van der Waals surface area contributed by atoms with Crippen molar-refractivity contribution in [1.82, 2.24) is 4.98 Å². The van der Waals surface area contributed by atoms with Crippen LogP contribution in [0.25, 0.3) is 0 Å². The van der Waals surface area contributed by atoms with Crippen molar-refractivity contribution in [3.05, 3.63) is 41.7 Å². The van der Waals surface area contributed by atoms with Gasteiger partial charge in [0.2, 0.25) is 5.91 Å². The molecule has 0 aliphatic heterocycles. The molecule has 22 heavy (non-hydrogen) atoms. The summed E-state index contributed by atoms with van der Waals surface area (Å²) < 4.78 is 24.3. The van der Waals surface area contributed by atoms with E-state index in [0.29, 0.717) is 5.75 Å². The highest BCUT2D eigenvalue weighted by Gasteiger charge is 2.12. The number of carbonyl (C=O) groups is 1. The third-order valence-electron chi connectivity index (χ3n) is 2.78. The Labute approximate surface area is 127 Å². The van der Waals surface area contributed by atoms with Crippen LogP contribution in [0.3, 0.4) is 0 Å². The van der Waals surface area contributed by atoms with E-state index in [-0.39, 0.29) is 29.9 Å². The molecule has 6 nitrogen and oxygen atoms in total. The number of methoxy groups -OCH3 is 1. The van der Waals surface area contributed by atoms with Crippen molar-refractivity contribution < 1.29 is 18.7 Å². The zero-order valence-corrected chi connectivity index (χ0v) is 12.2. The second kappa shape index (κ2) is 6.75. The fourth-order valence-corrected chi connectivity index (χ4v) is 1.77. The number of nitrogens with zero attached hydrogens (tertiary/aromatic N) is 1. The largest absolute Gasteiger partial charge is 0.497 e. The summed E-state index contributed by atoms with van der Waals surface area (Å²) in [5, 5.41) is 2.42. The molecular formula is C15H16FN3O3. The maximum atomic E-state index is 13.8. The second-order valence-electron chi connectivity index (χ2n) is 4.53. The fraction of sp³-hybridized carbons (Fsp3) is 0.200. The summed E-state index contributed by atoms with van der Waals surface area (Å²) in [5.74, 6) is -0.555. The Hall–Kier alpha value is -2.83. The molecule has 1 amide bonds. The molecule has 1 heterocycles. The molecule has 0 aliphatic rings. The highest BCUT2D eigenvalue weighted by Crippen LogP contribution is 2.25. The van der Waals surface area contributed by atoms with Gasteiger partial charge in [-0.2, -0.15) is 4.98 Å². The van der Waals surface area contributed by atoms with Gasteiger partial charge in [0.25, 0.3) is 5.88 Å². The number of anilines is 2. The van der Waals surface area contributed by atoms with Crippen LogP contribution in [0, 0.1) is 5.82 Å². The molecule has 0 radical (unpaired) electrons. The van der Waals surface area contributed by atoms with E-state index in [1.54, 1.807) is 25.3 Å². The summed E-state index contributed by atoms with van der Waals surface area (Å²) in [7, 11) is 1.56. The summed E-state index contributed by atoms with van der Waals surface area (Å²) in [5.41, 5.74) is 6.41. The van der Waals surface area contributed by atoms with Crippen molar-refractivity contribution in [2.45, 2.75) is 13.5 Å². The molecule has 0 saturated carbocycles. The van der Waals surface area contributed by atoms with Gasteiger partial charge in [-0.05, 0) is 17.7 Å². The van der Waals surface area contributed by atoms with Gasteiger partial charge in [0, 0.05) is 13.0 Å². The van der Waals surface area contributed by atoms with Gasteiger partial charge in [0.05, 0.1) is 12.8 Å². The Kier molecular flexibility index (Phi) is 4.77. The summed E-state index contributed by atoms with van der Waals surface area (Å²) in [6, 6.07) is 8.23. The van der Waals surface area contributed by atoms with Crippen LogP contribution in [0.4, 0.5) is 15.9 Å². The highest BCUT2D eigenvalue weighted by molar-refractivity contribution is 5.90. The number of hydrogen-bond donors (Lipinski definition) is 2. The molecule has 2 aromatic rings. The minimum Gasteiger partial charge on any atom is -0.497 e. The minimum atomic E-state index is -0.700. The van der Waals surface area contributed by atoms with E-state index in [1.807, 2.05) is 6.07 Å². The lowest BCUT2D eigenvalue weighted by Crippen LogP contribution is -2.11. The standard InChI is InChI=1S/C15H16FN3O3/c1-9(20)18-14-13(17)7-12(16)15(19-14)22-8-10-4-3-5-11(6-10)21-2/h3-7H,8,17H2,1-2H3,(H,18,19,20). The molecule has 0 unspecified atom stereocenters. The van der Waals surface area contributed by atoms with Crippen molar-refractivity contribution in [1.29, 1.82) is 0 Å². The quantitative estimate of drug-likeness (QED) is 0.885. The van der Waals surface area contributed by atoms with E-state index in [4.69, 9.17) is 15.2 Å². The van der Waals surface area contributed by atoms with E-state index in [9.17, 15) is 9.18 Å². The van der Waals surface area contributed by atoms with Crippen LogP contribution in [-0.2, 0) is 11.4 Å². The Bertz CT molecular complexity index is 692. The zero-order valence-electron chi connectivity index (χ0n) is 12.2. The number of benzene rings is 1. The van der Waals surface area contributed by atoms with E-state index < -0.39 is 5.82 Å². The van der Waals surface area contributed by atoms with Crippen LogP contribution >= 0.6 is 0 Å². The third-order valence-corrected chi connectivity index (χ3v) is 2.78. The van der Waals surface area contributed by atoms with Crippen molar-refractivity contribution in [3.63, 3.8) is 0 Å². The average molecular weight is 305 g/mol. The number of nitrogens with two attached hydrogens (primary N) is 1. The molecule has 0 bridgehead atoms. The van der Waals surface area contributed by atoms with E-state index in [1.165, 1.54) is 6.92 Å². The number of nitrogen functional groups attached to an aromatic ring is 1. The number of hydrogen-bond acceptors (Lipinski definition) is 5. The number of nitrogens with one attached hydrogen (secondary N) is 1. The molecule has 2 rings (SSSR count). The second-order valence-corrected chi connectivity index (χ2v) is 4.53. The summed E-state index contributed by atoms with van der Waals surface area (Å²) in [6.07, 6.45) is 0. The van der Waals surface area contributed by atoms with Crippen LogP contribution < -0.4 is 20.5 Å². The van der Waals surface area contributed by atoms with Gasteiger partial charge in [-0.25, -0.2) is 4.39 Å². The van der Waals surface area contributed by atoms with Crippen molar-refractivity contribution in [2.24, 2.45) is 0 Å². The number of carbonyl (C=O) groups excluding carboxylic acids is 1. The van der Waals surface area contributed by atoms with Gasteiger partial charge in [0.15, 0.2) is 11.6 Å². The van der Waals surface area contributed by atoms with Crippen LogP contribution in [0.5, 0.6) is 11.6 Å². The maximum absolute atomic E-state index is 13.8. The van der Waals surface area contributed by atoms with Crippen LogP contribution in [0.2, 0.25) is 0 Å². The van der Waals surface area contributed by atoms with Gasteiger partial charge < -0.3 is 20.5 Å². The molecule has 0 fully saturated rings. The summed E-state index contributed by atoms with van der Waals surface area (Å²) >= 11 is 0. The van der Waals surface area contributed by atoms with Crippen LogP contribution in [0.15, 0.2) is 30.3 Å². The molecule has 1 aromatic carbocycles. The van der Waals surface area contributed by atoms with Crippen LogP contribution in [-0.4, -0.2) is 18.0 Å². The van der Waals surface area contributed by atoms with E-state index in [0.717, 1.165) is 11.6 Å². The Morgan fingerprint density at radius 3 is 2.86 bits per heavy atom. The predicted molar refractivity (Wildman–Crippen MR) is 80.2 cm³/mol. The van der Waals surface area contributed by atoms with Gasteiger partial charge in [-0.15, -0.1) is 0 Å². The Morgan fingerprint density at radius 1 is 1.41 bits per heavy atom. The number of halogens is 1. The monoisotopic (exact) mass is 305 g/mol. The smallest absolute Gasteiger partial charge is 0.252 e. The van der Waals surface area contributed by atoms with Gasteiger partial charge >= 0.3 is 0 Å². The Morgan fingerprint density at radius 2 is 2.18 bits per heavy atom. The summed E-state index contributed by atoms with van der Waals surface area (Å²) in [6.45, 7) is 1.41. The van der Waals surface area contributed by atoms with E-state index in [2.05, 4.69) is 10.3 Å². The Balaban J connectivity index is 2.16. The molecule has 0 aliphatic carbocycles. The summed E-state index contributed by atoms with van der Waals surface area (Å²) in [4.78, 5) is 14.9. The molecule has 3 N–H and O–H groups in total. The number of ether oxygens (including phenoxy) is 2. The molecule has 1 aromatic heterocycles. The maximum Gasteiger partial charge on any atom is 0.252 e. The molecular weight excluding hydrogens is 289 g/mol. The fourth-order valence-electron chi connectivity index (χ4n) is 1.77. The van der Waals surface area contributed by atoms with Crippen LogP contribution in [0.1, 0.15) is 12.5 Å². The average Bonchev–Trinajstić information content (AvgIpc) is 2.48. The van der Waals surface area contributed by atoms with Gasteiger partial charge in [-0.3, -0.25) is 4.79 Å². The molecule has 116 valence electrons. The van der Waals surface area contributed by atoms with Crippen molar-refractivity contribution in [2.75, 3.05) is 18.2 Å². The first-order valence-corrected chi connectivity index (χ1v) is 6.49. The van der Waals surface area contributed by atoms with Gasteiger partial charge in [0.1, 0.15) is 12.4 Å². The van der Waals surface area contributed by atoms with Gasteiger partial charge in [-0.1, -0.05) is 12.1 Å². The lowest BCUT2D eigenvalue weighted by atomic mass is 10.2. The number of aromatic nitrogens is 1. The SMILES string of the molecule is COc1cccc(COc2nc(NC(C)=O)c(N)cc2F)c1. The predicted octanol–water partition coefficient (Wildman–Crippen LogP) is 2.35. The molecule has 0 saturated heterocycles. The number of amides is 1. The minimum absolute atomic E-state index is 0.0291. The molecule has 0 atom stereocenters. The first kappa shape index (κ1) is 15.6. The lowest BCUT2D eigenvalue weighted by molar-refractivity contribution is -0.114. The van der Waals surface area contributed by atoms with E-state index >= 15 is 0 Å². The zero-order chi connectivity index (χ0) is 16.1. The topological polar surface area (TPSA) is 86.5 Å².